The predicted molar refractivity (Wildman–Crippen MR) is 99.1 cm³/mol. The van der Waals surface area contributed by atoms with E-state index in [0.717, 1.165) is 30.5 Å². The molecule has 0 atom stereocenters. The molecule has 1 aromatic heterocycles. The summed E-state index contributed by atoms with van der Waals surface area (Å²) in [5, 5.41) is 5.92. The summed E-state index contributed by atoms with van der Waals surface area (Å²) in [6, 6.07) is 3.65. The normalized spacial score (nSPS) is 15.0. The number of benzene rings is 1. The van der Waals surface area contributed by atoms with E-state index in [4.69, 9.17) is 16.3 Å². The number of anilines is 4. The van der Waals surface area contributed by atoms with Crippen LogP contribution in [0.4, 0.5) is 36.3 Å². The Bertz CT molecular complexity index is 825. The van der Waals surface area contributed by atoms with E-state index < -0.39 is 11.7 Å². The van der Waals surface area contributed by atoms with E-state index >= 15 is 0 Å². The molecule has 0 radical (unpaired) electrons. The molecule has 1 aliphatic rings. The summed E-state index contributed by atoms with van der Waals surface area (Å²) in [7, 11) is 1.38. The Hall–Kier alpha value is -2.26. The van der Waals surface area contributed by atoms with Crippen molar-refractivity contribution in [2.75, 3.05) is 48.9 Å². The van der Waals surface area contributed by atoms with Gasteiger partial charge in [-0.25, -0.2) is 4.98 Å². The van der Waals surface area contributed by atoms with Crippen molar-refractivity contribution in [2.45, 2.75) is 13.1 Å². The Morgan fingerprint density at radius 1 is 1.22 bits per heavy atom. The average Bonchev–Trinajstić information content (AvgIpc) is 2.64. The molecule has 10 heteroatoms. The number of ether oxygens (including phenoxy) is 1. The number of nitrogens with one attached hydrogen (secondary N) is 2. The first-order valence-electron chi connectivity index (χ1n) is 8.31. The van der Waals surface area contributed by atoms with Crippen LogP contribution in [0.5, 0.6) is 0 Å². The highest BCUT2D eigenvalue weighted by Crippen LogP contribution is 2.35. The first kappa shape index (κ1) is 19.5. The number of hydrogen-bond acceptors (Lipinski definition) is 6. The molecule has 0 aliphatic carbocycles. The number of aryl methyl sites for hydroxylation is 1. The summed E-state index contributed by atoms with van der Waals surface area (Å²) >= 11 is 6.42. The molecule has 27 heavy (non-hydrogen) atoms. The lowest BCUT2D eigenvalue weighted by Gasteiger charge is -2.30. The second kappa shape index (κ2) is 7.77. The molecular formula is C17H19ClF3N5O. The highest BCUT2D eigenvalue weighted by Gasteiger charge is 2.35. The SMILES string of the molecule is CNc1nc(Nc2cc(Cl)c(N3CCOCC3)cc2C)ncc1C(F)(F)F. The third kappa shape index (κ3) is 4.36. The van der Waals surface area contributed by atoms with E-state index in [2.05, 4.69) is 25.5 Å². The van der Waals surface area contributed by atoms with Crippen LogP contribution in [0.2, 0.25) is 5.02 Å². The number of morpholine rings is 1. The highest BCUT2D eigenvalue weighted by molar-refractivity contribution is 6.33. The van der Waals surface area contributed by atoms with Gasteiger partial charge in [-0.3, -0.25) is 0 Å². The van der Waals surface area contributed by atoms with E-state index in [1.54, 1.807) is 6.07 Å². The topological polar surface area (TPSA) is 62.3 Å². The zero-order valence-corrected chi connectivity index (χ0v) is 15.6. The van der Waals surface area contributed by atoms with Crippen LogP contribution >= 0.6 is 11.6 Å². The minimum atomic E-state index is -4.53. The van der Waals surface area contributed by atoms with Crippen molar-refractivity contribution in [3.8, 4) is 0 Å². The van der Waals surface area contributed by atoms with Crippen molar-refractivity contribution in [3.63, 3.8) is 0 Å². The molecule has 0 amide bonds. The largest absolute Gasteiger partial charge is 0.421 e. The second-order valence-corrected chi connectivity index (χ2v) is 6.45. The Morgan fingerprint density at radius 3 is 2.56 bits per heavy atom. The fourth-order valence-corrected chi connectivity index (χ4v) is 3.09. The van der Waals surface area contributed by atoms with Crippen LogP contribution in [-0.4, -0.2) is 43.3 Å². The van der Waals surface area contributed by atoms with Crippen molar-refractivity contribution in [1.82, 2.24) is 9.97 Å². The number of alkyl halides is 3. The van der Waals surface area contributed by atoms with E-state index in [1.165, 1.54) is 7.05 Å². The third-order valence-electron chi connectivity index (χ3n) is 4.22. The zero-order valence-electron chi connectivity index (χ0n) is 14.8. The van der Waals surface area contributed by atoms with Gasteiger partial charge in [0.2, 0.25) is 5.95 Å². The molecule has 1 aromatic carbocycles. The van der Waals surface area contributed by atoms with Gasteiger partial charge >= 0.3 is 6.18 Å². The second-order valence-electron chi connectivity index (χ2n) is 6.05. The van der Waals surface area contributed by atoms with Gasteiger partial charge in [0.05, 0.1) is 23.9 Å². The molecule has 1 fully saturated rings. The van der Waals surface area contributed by atoms with Gasteiger partial charge in [-0.05, 0) is 24.6 Å². The summed E-state index contributed by atoms with van der Waals surface area (Å²) in [6.45, 7) is 4.66. The molecular weight excluding hydrogens is 383 g/mol. The maximum atomic E-state index is 13.0. The summed E-state index contributed by atoms with van der Waals surface area (Å²) in [5.41, 5.74) is 1.47. The fraction of sp³-hybridized carbons (Fsp3) is 0.412. The van der Waals surface area contributed by atoms with Crippen LogP contribution in [0.25, 0.3) is 0 Å². The van der Waals surface area contributed by atoms with Gasteiger partial charge in [-0.2, -0.15) is 18.2 Å². The molecule has 0 spiro atoms. The molecule has 0 bridgehead atoms. The van der Waals surface area contributed by atoms with Crippen LogP contribution in [-0.2, 0) is 10.9 Å². The molecule has 2 aromatic rings. The Morgan fingerprint density at radius 2 is 1.93 bits per heavy atom. The average molecular weight is 402 g/mol. The summed E-state index contributed by atoms with van der Waals surface area (Å²) < 4.78 is 44.2. The first-order chi connectivity index (χ1) is 12.8. The molecule has 1 aliphatic heterocycles. The van der Waals surface area contributed by atoms with Crippen molar-refractivity contribution in [3.05, 3.63) is 34.5 Å². The van der Waals surface area contributed by atoms with Crippen molar-refractivity contribution >= 4 is 34.7 Å². The van der Waals surface area contributed by atoms with Gasteiger partial charge in [0.1, 0.15) is 11.4 Å². The van der Waals surface area contributed by atoms with Gasteiger partial charge in [0.25, 0.3) is 0 Å². The van der Waals surface area contributed by atoms with Crippen molar-refractivity contribution < 1.29 is 17.9 Å². The van der Waals surface area contributed by atoms with Gasteiger partial charge < -0.3 is 20.3 Å². The lowest BCUT2D eigenvalue weighted by Crippen LogP contribution is -2.36. The molecule has 6 nitrogen and oxygen atoms in total. The van der Waals surface area contributed by atoms with Crippen LogP contribution in [0.3, 0.4) is 0 Å². The van der Waals surface area contributed by atoms with Crippen molar-refractivity contribution in [2.24, 2.45) is 0 Å². The molecule has 0 unspecified atom stereocenters. The molecule has 0 saturated carbocycles. The molecule has 3 rings (SSSR count). The van der Waals surface area contributed by atoms with Crippen molar-refractivity contribution in [1.29, 1.82) is 0 Å². The van der Waals surface area contributed by atoms with E-state index in [0.29, 0.717) is 23.9 Å². The summed E-state index contributed by atoms with van der Waals surface area (Å²) in [6.07, 6.45) is -3.78. The minimum Gasteiger partial charge on any atom is -0.378 e. The van der Waals surface area contributed by atoms with Gasteiger partial charge in [0, 0.05) is 32.0 Å². The monoisotopic (exact) mass is 401 g/mol. The summed E-state index contributed by atoms with van der Waals surface area (Å²) in [5.74, 6) is -0.251. The van der Waals surface area contributed by atoms with Gasteiger partial charge in [-0.15, -0.1) is 0 Å². The van der Waals surface area contributed by atoms with E-state index in [-0.39, 0.29) is 11.8 Å². The maximum Gasteiger partial charge on any atom is 0.421 e. The van der Waals surface area contributed by atoms with Crippen LogP contribution < -0.4 is 15.5 Å². The summed E-state index contributed by atoms with van der Waals surface area (Å²) in [4.78, 5) is 9.83. The number of nitrogens with zero attached hydrogens (tertiary/aromatic N) is 3. The fourth-order valence-electron chi connectivity index (χ4n) is 2.81. The number of rotatable bonds is 4. The lowest BCUT2D eigenvalue weighted by atomic mass is 10.1. The minimum absolute atomic E-state index is 0.0469. The van der Waals surface area contributed by atoms with E-state index in [1.807, 2.05) is 13.0 Å². The molecule has 1 saturated heterocycles. The number of halogens is 4. The third-order valence-corrected chi connectivity index (χ3v) is 4.53. The highest BCUT2D eigenvalue weighted by atomic mass is 35.5. The quantitative estimate of drug-likeness (QED) is 0.805. The van der Waals surface area contributed by atoms with Crippen LogP contribution in [0, 0.1) is 6.92 Å². The molecule has 2 heterocycles. The van der Waals surface area contributed by atoms with Crippen LogP contribution in [0.15, 0.2) is 18.3 Å². The number of aromatic nitrogens is 2. The standard InChI is InChI=1S/C17H19ClF3N5O/c1-10-7-14(26-3-5-27-6-4-26)12(18)8-13(10)24-16-23-9-11(17(19,20)21)15(22-2)25-16/h7-9H,3-6H2,1-2H3,(H2,22,23,24,25). The molecule has 146 valence electrons. The van der Waals surface area contributed by atoms with Crippen LogP contribution in [0.1, 0.15) is 11.1 Å². The Kier molecular flexibility index (Phi) is 5.61. The lowest BCUT2D eigenvalue weighted by molar-refractivity contribution is -0.137. The van der Waals surface area contributed by atoms with E-state index in [9.17, 15) is 13.2 Å². The maximum absolute atomic E-state index is 13.0. The first-order valence-corrected chi connectivity index (χ1v) is 8.69. The van der Waals surface area contributed by atoms with Gasteiger partial charge in [-0.1, -0.05) is 11.6 Å². The zero-order chi connectivity index (χ0) is 19.6. The Labute approximate surface area is 159 Å². The number of hydrogen-bond donors (Lipinski definition) is 2. The molecule has 2 N–H and O–H groups in total. The predicted octanol–water partition coefficient (Wildman–Crippen LogP) is 4.08. The Balaban J connectivity index is 1.86. The van der Waals surface area contributed by atoms with Gasteiger partial charge in [0.15, 0.2) is 0 Å². The smallest absolute Gasteiger partial charge is 0.378 e.